The predicted octanol–water partition coefficient (Wildman–Crippen LogP) is 1.96. The number of rotatable bonds is 3. The van der Waals surface area contributed by atoms with Crippen molar-refractivity contribution in [2.24, 2.45) is 5.92 Å². The molecule has 0 radical (unpaired) electrons. The van der Waals surface area contributed by atoms with E-state index in [0.29, 0.717) is 25.4 Å². The molecule has 1 atom stereocenters. The molecule has 0 fully saturated rings. The third-order valence-corrected chi connectivity index (χ3v) is 3.70. The van der Waals surface area contributed by atoms with Crippen LogP contribution in [0.1, 0.15) is 22.8 Å². The quantitative estimate of drug-likeness (QED) is 0.940. The fraction of sp³-hybridized carbons (Fsp3) is 0.353. The van der Waals surface area contributed by atoms with Gasteiger partial charge in [-0.3, -0.25) is 4.79 Å². The molecule has 1 aliphatic rings. The summed E-state index contributed by atoms with van der Waals surface area (Å²) in [5.74, 6) is 1.34. The highest BCUT2D eigenvalue weighted by molar-refractivity contribution is 5.79. The van der Waals surface area contributed by atoms with Crippen LogP contribution >= 0.6 is 0 Å². The van der Waals surface area contributed by atoms with Gasteiger partial charge in [-0.1, -0.05) is 18.2 Å². The first-order chi connectivity index (χ1) is 10.6. The topological polar surface area (TPSA) is 64.1 Å². The Morgan fingerprint density at radius 2 is 2.00 bits per heavy atom. The zero-order valence-electron chi connectivity index (χ0n) is 12.8. The molecule has 1 aliphatic heterocycles. The second-order valence-electron chi connectivity index (χ2n) is 5.60. The van der Waals surface area contributed by atoms with E-state index < -0.39 is 0 Å². The van der Waals surface area contributed by atoms with E-state index in [-0.39, 0.29) is 11.8 Å². The Labute approximate surface area is 129 Å². The van der Waals surface area contributed by atoms with E-state index in [1.807, 2.05) is 44.2 Å². The summed E-state index contributed by atoms with van der Waals surface area (Å²) in [5, 5.41) is 2.91. The summed E-state index contributed by atoms with van der Waals surface area (Å²) >= 11 is 0. The van der Waals surface area contributed by atoms with Crippen molar-refractivity contribution in [1.29, 1.82) is 0 Å². The minimum atomic E-state index is -0.166. The first-order valence-electron chi connectivity index (χ1n) is 7.41. The third kappa shape index (κ3) is 3.24. The van der Waals surface area contributed by atoms with Crippen LogP contribution in [0.4, 0.5) is 0 Å². The van der Waals surface area contributed by atoms with Gasteiger partial charge in [0.25, 0.3) is 0 Å². The molecule has 1 amide bonds. The molecule has 1 aromatic carbocycles. The monoisotopic (exact) mass is 297 g/mol. The zero-order valence-corrected chi connectivity index (χ0v) is 12.8. The maximum Gasteiger partial charge on any atom is 0.227 e. The molecule has 0 saturated carbocycles. The summed E-state index contributed by atoms with van der Waals surface area (Å²) in [4.78, 5) is 21.0. The smallest absolute Gasteiger partial charge is 0.227 e. The summed E-state index contributed by atoms with van der Waals surface area (Å²) < 4.78 is 5.66. The molecule has 1 N–H and O–H groups in total. The average Bonchev–Trinajstić information content (AvgIpc) is 2.51. The first-order valence-corrected chi connectivity index (χ1v) is 7.41. The molecule has 114 valence electrons. The number of nitrogens with one attached hydrogen (secondary N) is 1. The Morgan fingerprint density at radius 3 is 2.77 bits per heavy atom. The summed E-state index contributed by atoms with van der Waals surface area (Å²) in [6, 6.07) is 9.76. The molecule has 22 heavy (non-hydrogen) atoms. The van der Waals surface area contributed by atoms with E-state index in [1.165, 1.54) is 0 Å². The lowest BCUT2D eigenvalue weighted by Gasteiger charge is -2.24. The van der Waals surface area contributed by atoms with Crippen molar-refractivity contribution in [1.82, 2.24) is 15.3 Å². The number of carbonyl (C=O) groups excluding carboxylic acids is 1. The SMILES string of the molecule is Cc1cc(C)nc(CNC(=O)[C@@H]2COc3ccccc3C2)n1. The molecule has 1 aromatic heterocycles. The number of para-hydroxylation sites is 1. The Hall–Kier alpha value is -2.43. The van der Waals surface area contributed by atoms with Crippen molar-refractivity contribution < 1.29 is 9.53 Å². The normalized spacial score (nSPS) is 16.5. The molecule has 0 aliphatic carbocycles. The lowest BCUT2D eigenvalue weighted by molar-refractivity contribution is -0.126. The molecule has 5 heteroatoms. The number of aromatic nitrogens is 2. The molecular weight excluding hydrogens is 278 g/mol. The molecule has 0 spiro atoms. The predicted molar refractivity (Wildman–Crippen MR) is 82.5 cm³/mol. The van der Waals surface area contributed by atoms with Crippen LogP contribution in [-0.2, 0) is 17.8 Å². The van der Waals surface area contributed by atoms with E-state index in [0.717, 1.165) is 22.7 Å². The average molecular weight is 297 g/mol. The van der Waals surface area contributed by atoms with E-state index in [2.05, 4.69) is 15.3 Å². The van der Waals surface area contributed by atoms with Crippen LogP contribution in [0.3, 0.4) is 0 Å². The number of nitrogens with zero attached hydrogens (tertiary/aromatic N) is 2. The standard InChI is InChI=1S/C17H19N3O2/c1-11-7-12(2)20-16(19-11)9-18-17(21)14-8-13-5-3-4-6-15(13)22-10-14/h3-7,14H,8-10H2,1-2H3,(H,18,21)/t14-/m0/s1. The number of aryl methyl sites for hydroxylation is 2. The maximum atomic E-state index is 12.3. The second-order valence-corrected chi connectivity index (χ2v) is 5.60. The fourth-order valence-electron chi connectivity index (χ4n) is 2.68. The summed E-state index contributed by atoms with van der Waals surface area (Å²) in [6.07, 6.45) is 0.704. The number of hydrogen-bond acceptors (Lipinski definition) is 4. The molecule has 3 rings (SSSR count). The Kier molecular flexibility index (Phi) is 4.04. The summed E-state index contributed by atoms with van der Waals surface area (Å²) in [5.41, 5.74) is 2.90. The number of benzene rings is 1. The summed E-state index contributed by atoms with van der Waals surface area (Å²) in [7, 11) is 0. The lowest BCUT2D eigenvalue weighted by atomic mass is 9.96. The molecule has 2 heterocycles. The fourth-order valence-corrected chi connectivity index (χ4v) is 2.68. The van der Waals surface area contributed by atoms with Crippen molar-refractivity contribution in [3.63, 3.8) is 0 Å². The van der Waals surface area contributed by atoms with Gasteiger partial charge in [0.2, 0.25) is 5.91 Å². The van der Waals surface area contributed by atoms with Crippen molar-refractivity contribution >= 4 is 5.91 Å². The van der Waals surface area contributed by atoms with Gasteiger partial charge >= 0.3 is 0 Å². The molecule has 0 bridgehead atoms. The van der Waals surface area contributed by atoms with Crippen LogP contribution in [-0.4, -0.2) is 22.5 Å². The third-order valence-electron chi connectivity index (χ3n) is 3.70. The molecule has 5 nitrogen and oxygen atoms in total. The van der Waals surface area contributed by atoms with Crippen molar-refractivity contribution in [2.75, 3.05) is 6.61 Å². The van der Waals surface area contributed by atoms with Crippen molar-refractivity contribution in [2.45, 2.75) is 26.8 Å². The highest BCUT2D eigenvalue weighted by atomic mass is 16.5. The molecule has 2 aromatic rings. The second kappa shape index (κ2) is 6.13. The van der Waals surface area contributed by atoms with E-state index >= 15 is 0 Å². The van der Waals surface area contributed by atoms with Gasteiger partial charge in [-0.15, -0.1) is 0 Å². The minimum Gasteiger partial charge on any atom is -0.492 e. The van der Waals surface area contributed by atoms with Crippen LogP contribution in [0.2, 0.25) is 0 Å². The number of amides is 1. The van der Waals surface area contributed by atoms with E-state index in [9.17, 15) is 4.79 Å². The number of hydrogen-bond donors (Lipinski definition) is 1. The maximum absolute atomic E-state index is 12.3. The van der Waals surface area contributed by atoms with Crippen LogP contribution in [0.25, 0.3) is 0 Å². The zero-order chi connectivity index (χ0) is 15.5. The Morgan fingerprint density at radius 1 is 1.27 bits per heavy atom. The number of fused-ring (bicyclic) bond motifs is 1. The lowest BCUT2D eigenvalue weighted by Crippen LogP contribution is -2.37. The van der Waals surface area contributed by atoms with Crippen LogP contribution in [0.15, 0.2) is 30.3 Å². The van der Waals surface area contributed by atoms with Gasteiger partial charge in [0.05, 0.1) is 12.5 Å². The van der Waals surface area contributed by atoms with Gasteiger partial charge in [0, 0.05) is 11.4 Å². The molecular formula is C17H19N3O2. The number of ether oxygens (including phenoxy) is 1. The molecule has 0 saturated heterocycles. The van der Waals surface area contributed by atoms with Crippen LogP contribution in [0, 0.1) is 19.8 Å². The van der Waals surface area contributed by atoms with Gasteiger partial charge in [0.15, 0.2) is 0 Å². The first kappa shape index (κ1) is 14.5. The Balaban J connectivity index is 1.61. The van der Waals surface area contributed by atoms with Crippen LogP contribution in [0.5, 0.6) is 5.75 Å². The van der Waals surface area contributed by atoms with Crippen LogP contribution < -0.4 is 10.1 Å². The van der Waals surface area contributed by atoms with E-state index in [1.54, 1.807) is 0 Å². The van der Waals surface area contributed by atoms with Crippen molar-refractivity contribution in [3.05, 3.63) is 53.1 Å². The molecule has 0 unspecified atom stereocenters. The van der Waals surface area contributed by atoms with Gasteiger partial charge < -0.3 is 10.1 Å². The van der Waals surface area contributed by atoms with Gasteiger partial charge in [0.1, 0.15) is 18.2 Å². The Bertz CT molecular complexity index is 680. The highest BCUT2D eigenvalue weighted by Crippen LogP contribution is 2.26. The number of carbonyl (C=O) groups is 1. The van der Waals surface area contributed by atoms with Crippen molar-refractivity contribution in [3.8, 4) is 5.75 Å². The van der Waals surface area contributed by atoms with Gasteiger partial charge in [-0.2, -0.15) is 0 Å². The van der Waals surface area contributed by atoms with Gasteiger partial charge in [-0.25, -0.2) is 9.97 Å². The minimum absolute atomic E-state index is 0.0164. The van der Waals surface area contributed by atoms with Gasteiger partial charge in [-0.05, 0) is 38.0 Å². The summed E-state index contributed by atoms with van der Waals surface area (Å²) in [6.45, 7) is 4.61. The van der Waals surface area contributed by atoms with E-state index in [4.69, 9.17) is 4.74 Å². The largest absolute Gasteiger partial charge is 0.492 e. The highest BCUT2D eigenvalue weighted by Gasteiger charge is 2.25.